The molecule has 0 aromatic heterocycles. The molecule has 0 saturated carbocycles. The van der Waals surface area contributed by atoms with Crippen LogP contribution in [-0.4, -0.2) is 31.6 Å². The summed E-state index contributed by atoms with van der Waals surface area (Å²) >= 11 is 0. The molecule has 4 heteroatoms. The second-order valence-corrected chi connectivity index (χ2v) is 4.01. The summed E-state index contributed by atoms with van der Waals surface area (Å²) in [7, 11) is 1.29. The first kappa shape index (κ1) is 15.1. The fourth-order valence-corrected chi connectivity index (χ4v) is 1.61. The third-order valence-electron chi connectivity index (χ3n) is 2.47. The zero-order valence-electron chi connectivity index (χ0n) is 10.8. The van der Waals surface area contributed by atoms with Crippen molar-refractivity contribution in [2.45, 2.75) is 40.2 Å². The number of Topliss-reactive ketones (excluding diaryl/α,β-unsaturated/α-hetero) is 1. The highest BCUT2D eigenvalue weighted by atomic mass is 16.5. The van der Waals surface area contributed by atoms with E-state index in [2.05, 4.69) is 4.74 Å². The number of ketones is 1. The minimum atomic E-state index is -0.705. The van der Waals surface area contributed by atoms with Gasteiger partial charge in [-0.25, -0.2) is 0 Å². The third-order valence-corrected chi connectivity index (χ3v) is 2.47. The topological polar surface area (TPSA) is 52.6 Å². The number of hydrogen-bond donors (Lipinski definition) is 0. The van der Waals surface area contributed by atoms with Crippen LogP contribution in [0.1, 0.15) is 34.1 Å². The first-order valence-electron chi connectivity index (χ1n) is 5.72. The van der Waals surface area contributed by atoms with Crippen molar-refractivity contribution in [1.29, 1.82) is 0 Å². The van der Waals surface area contributed by atoms with E-state index in [-0.39, 0.29) is 11.7 Å². The normalized spacial score (nSPS) is 14.6. The third kappa shape index (κ3) is 3.93. The van der Waals surface area contributed by atoms with Crippen LogP contribution in [-0.2, 0) is 19.1 Å². The maximum Gasteiger partial charge on any atom is 0.316 e. The first-order valence-corrected chi connectivity index (χ1v) is 5.72. The summed E-state index contributed by atoms with van der Waals surface area (Å²) in [5, 5.41) is 0. The molecule has 2 unspecified atom stereocenters. The summed E-state index contributed by atoms with van der Waals surface area (Å²) in [5.41, 5.74) is 0. The molecule has 0 aliphatic carbocycles. The van der Waals surface area contributed by atoms with Gasteiger partial charge < -0.3 is 9.47 Å². The van der Waals surface area contributed by atoms with Crippen molar-refractivity contribution >= 4 is 11.8 Å². The number of esters is 1. The number of hydrogen-bond acceptors (Lipinski definition) is 4. The molecule has 16 heavy (non-hydrogen) atoms. The van der Waals surface area contributed by atoms with Crippen molar-refractivity contribution in [3.05, 3.63) is 0 Å². The summed E-state index contributed by atoms with van der Waals surface area (Å²) < 4.78 is 10.0. The van der Waals surface area contributed by atoms with E-state index in [0.29, 0.717) is 13.0 Å². The maximum atomic E-state index is 12.1. The van der Waals surface area contributed by atoms with Crippen LogP contribution in [0.25, 0.3) is 0 Å². The van der Waals surface area contributed by atoms with Crippen LogP contribution < -0.4 is 0 Å². The first-order chi connectivity index (χ1) is 7.49. The minimum Gasteiger partial charge on any atom is -0.468 e. The smallest absolute Gasteiger partial charge is 0.316 e. The zero-order chi connectivity index (χ0) is 12.7. The van der Waals surface area contributed by atoms with E-state index in [1.165, 1.54) is 7.11 Å². The quantitative estimate of drug-likeness (QED) is 0.494. The van der Waals surface area contributed by atoms with E-state index in [9.17, 15) is 9.59 Å². The Kier molecular flexibility index (Phi) is 6.97. The average Bonchev–Trinajstić information content (AvgIpc) is 2.25. The highest BCUT2D eigenvalue weighted by Crippen LogP contribution is 2.17. The molecule has 0 bridgehead atoms. The van der Waals surface area contributed by atoms with E-state index in [1.807, 2.05) is 20.8 Å². The van der Waals surface area contributed by atoms with Gasteiger partial charge in [0.15, 0.2) is 5.78 Å². The highest BCUT2D eigenvalue weighted by molar-refractivity contribution is 6.01. The molecule has 0 aliphatic heterocycles. The second-order valence-electron chi connectivity index (χ2n) is 4.01. The lowest BCUT2D eigenvalue weighted by Crippen LogP contribution is -2.38. The molecular formula is C12H22O4. The van der Waals surface area contributed by atoms with Crippen LogP contribution in [0.2, 0.25) is 0 Å². The molecule has 0 radical (unpaired) electrons. The number of carbonyl (C=O) groups is 2. The summed E-state index contributed by atoms with van der Waals surface area (Å²) in [6, 6.07) is 0. The van der Waals surface area contributed by atoms with Crippen LogP contribution in [0.3, 0.4) is 0 Å². The van der Waals surface area contributed by atoms with Gasteiger partial charge in [-0.2, -0.15) is 0 Å². The van der Waals surface area contributed by atoms with Gasteiger partial charge in [0.05, 0.1) is 7.11 Å². The van der Waals surface area contributed by atoms with E-state index in [1.54, 1.807) is 6.92 Å². The predicted molar refractivity (Wildman–Crippen MR) is 61.1 cm³/mol. The number of methoxy groups -OCH3 is 1. The van der Waals surface area contributed by atoms with Crippen LogP contribution in [0.5, 0.6) is 0 Å². The largest absolute Gasteiger partial charge is 0.468 e. The monoisotopic (exact) mass is 230 g/mol. The van der Waals surface area contributed by atoms with Gasteiger partial charge in [0.25, 0.3) is 0 Å². The Hall–Kier alpha value is -0.900. The fourth-order valence-electron chi connectivity index (χ4n) is 1.61. The Bertz CT molecular complexity index is 235. The van der Waals surface area contributed by atoms with Crippen molar-refractivity contribution < 1.29 is 19.1 Å². The molecule has 0 spiro atoms. The molecule has 4 nitrogen and oxygen atoms in total. The molecule has 0 saturated heterocycles. The number of carbonyl (C=O) groups excluding carboxylic acids is 2. The van der Waals surface area contributed by atoms with Gasteiger partial charge in [-0.15, -0.1) is 0 Å². The summed E-state index contributed by atoms with van der Waals surface area (Å²) in [4.78, 5) is 23.5. The summed E-state index contributed by atoms with van der Waals surface area (Å²) in [6.45, 7) is 7.90. The molecule has 0 fully saturated rings. The Morgan fingerprint density at radius 3 is 2.06 bits per heavy atom. The van der Waals surface area contributed by atoms with E-state index >= 15 is 0 Å². The molecule has 0 aromatic rings. The van der Waals surface area contributed by atoms with Gasteiger partial charge in [-0.05, 0) is 19.3 Å². The Labute approximate surface area is 97.3 Å². The van der Waals surface area contributed by atoms with Crippen molar-refractivity contribution in [1.82, 2.24) is 0 Å². The Balaban J connectivity index is 4.74. The molecule has 0 rings (SSSR count). The molecule has 0 amide bonds. The van der Waals surface area contributed by atoms with Crippen molar-refractivity contribution in [2.24, 2.45) is 11.8 Å². The zero-order valence-corrected chi connectivity index (χ0v) is 10.8. The van der Waals surface area contributed by atoms with Gasteiger partial charge in [0.2, 0.25) is 0 Å². The molecule has 0 aliphatic rings. The summed E-state index contributed by atoms with van der Waals surface area (Å²) in [6.07, 6.45) is -0.0732. The predicted octanol–water partition coefficient (Wildman–Crippen LogP) is 1.82. The van der Waals surface area contributed by atoms with Crippen LogP contribution in [0.15, 0.2) is 0 Å². The standard InChI is InChI=1S/C12H22O4/c1-6-9(12(14)15-5)10(13)11(8(3)4)16-7-2/h8-9,11H,6-7H2,1-5H3. The molecule has 0 N–H and O–H groups in total. The van der Waals surface area contributed by atoms with Crippen molar-refractivity contribution in [2.75, 3.05) is 13.7 Å². The van der Waals surface area contributed by atoms with Crippen LogP contribution >= 0.6 is 0 Å². The van der Waals surface area contributed by atoms with Gasteiger partial charge >= 0.3 is 5.97 Å². The molecular weight excluding hydrogens is 208 g/mol. The molecule has 94 valence electrons. The molecule has 2 atom stereocenters. The number of rotatable bonds is 7. The maximum absolute atomic E-state index is 12.1. The van der Waals surface area contributed by atoms with Crippen LogP contribution in [0, 0.1) is 11.8 Å². The molecule has 0 aromatic carbocycles. The summed E-state index contributed by atoms with van der Waals surface area (Å²) in [5.74, 6) is -1.29. The Morgan fingerprint density at radius 2 is 1.75 bits per heavy atom. The average molecular weight is 230 g/mol. The van der Waals surface area contributed by atoms with Crippen molar-refractivity contribution in [3.63, 3.8) is 0 Å². The minimum absolute atomic E-state index is 0.0613. The van der Waals surface area contributed by atoms with Crippen molar-refractivity contribution in [3.8, 4) is 0 Å². The van der Waals surface area contributed by atoms with Gasteiger partial charge in [0.1, 0.15) is 12.0 Å². The lowest BCUT2D eigenvalue weighted by Gasteiger charge is -2.23. The highest BCUT2D eigenvalue weighted by Gasteiger charge is 2.33. The van der Waals surface area contributed by atoms with Gasteiger partial charge in [0, 0.05) is 6.61 Å². The van der Waals surface area contributed by atoms with Gasteiger partial charge in [-0.1, -0.05) is 20.8 Å². The molecule has 0 heterocycles. The van der Waals surface area contributed by atoms with Gasteiger partial charge in [-0.3, -0.25) is 9.59 Å². The second kappa shape index (κ2) is 7.39. The lowest BCUT2D eigenvalue weighted by atomic mass is 9.91. The lowest BCUT2D eigenvalue weighted by molar-refractivity contribution is -0.154. The SMILES string of the molecule is CCOC(C(=O)C(CC)C(=O)OC)C(C)C. The van der Waals surface area contributed by atoms with E-state index < -0.39 is 18.0 Å². The fraction of sp³-hybridized carbons (Fsp3) is 0.833. The Morgan fingerprint density at radius 1 is 1.19 bits per heavy atom. The van der Waals surface area contributed by atoms with E-state index in [0.717, 1.165) is 0 Å². The number of ether oxygens (including phenoxy) is 2. The van der Waals surface area contributed by atoms with E-state index in [4.69, 9.17) is 4.74 Å². The van der Waals surface area contributed by atoms with Crippen LogP contribution in [0.4, 0.5) is 0 Å².